The summed E-state index contributed by atoms with van der Waals surface area (Å²) in [5.74, 6) is 1.21. The second-order valence-corrected chi connectivity index (χ2v) is 10.6. The molecule has 1 aliphatic carbocycles. The Bertz CT molecular complexity index is 789. The molecule has 3 aliphatic rings. The van der Waals surface area contributed by atoms with Gasteiger partial charge >= 0.3 is 0 Å². The molecule has 4 rings (SSSR count). The van der Waals surface area contributed by atoms with Gasteiger partial charge in [-0.3, -0.25) is 4.79 Å². The van der Waals surface area contributed by atoms with Gasteiger partial charge in [-0.1, -0.05) is 33.3 Å². The lowest BCUT2D eigenvalue weighted by Crippen LogP contribution is -2.61. The fraction of sp³-hybridized carbons (Fsp3) is 0.731. The van der Waals surface area contributed by atoms with Gasteiger partial charge in [0.1, 0.15) is 0 Å². The Morgan fingerprint density at radius 2 is 1.97 bits per heavy atom. The molecule has 0 spiro atoms. The van der Waals surface area contributed by atoms with Crippen LogP contribution in [0, 0.1) is 24.7 Å². The minimum atomic E-state index is -0.232. The second kappa shape index (κ2) is 9.11. The summed E-state index contributed by atoms with van der Waals surface area (Å²) in [4.78, 5) is 15.1. The lowest BCUT2D eigenvalue weighted by atomic mass is 9.66. The quantitative estimate of drug-likeness (QED) is 0.760. The van der Waals surface area contributed by atoms with E-state index >= 15 is 0 Å². The van der Waals surface area contributed by atoms with E-state index < -0.39 is 0 Å². The van der Waals surface area contributed by atoms with Gasteiger partial charge in [0, 0.05) is 42.6 Å². The van der Waals surface area contributed by atoms with Crippen molar-refractivity contribution in [3.63, 3.8) is 0 Å². The average molecular weight is 429 g/mol. The molecule has 2 saturated heterocycles. The zero-order valence-corrected chi connectivity index (χ0v) is 19.9. The normalized spacial score (nSPS) is 33.8. The highest BCUT2D eigenvalue weighted by Crippen LogP contribution is 2.48. The number of carbonyl (C=O) groups excluding carboxylic acids is 1. The topological polar surface area (TPSA) is 50.8 Å². The van der Waals surface area contributed by atoms with Crippen LogP contribution in [0.4, 0.5) is 5.69 Å². The number of morpholine rings is 1. The van der Waals surface area contributed by atoms with Crippen LogP contribution < -0.4 is 10.2 Å². The molecular formula is C26H40N2O3. The van der Waals surface area contributed by atoms with Gasteiger partial charge in [0.2, 0.25) is 5.91 Å². The van der Waals surface area contributed by atoms with E-state index in [0.29, 0.717) is 11.8 Å². The number of anilines is 1. The summed E-state index contributed by atoms with van der Waals surface area (Å²) in [5.41, 5.74) is 3.57. The summed E-state index contributed by atoms with van der Waals surface area (Å²) >= 11 is 0. The average Bonchev–Trinajstić information content (AvgIpc) is 2.73. The molecule has 1 saturated carbocycles. The molecule has 5 nitrogen and oxygen atoms in total. The lowest BCUT2D eigenvalue weighted by molar-refractivity contribution is -0.155. The van der Waals surface area contributed by atoms with Crippen LogP contribution in [0.3, 0.4) is 0 Å². The smallest absolute Gasteiger partial charge is 0.222 e. The standard InChI is InChI=1S/C26H40N2O3/c1-17(2)25(29)27-26(5)16-24(31-23-14-18(3)6-9-22(23)26)21-8-7-20(15-19(21)4)28-10-12-30-13-11-28/h7-8,15,17-18,22-24H,6,9-14,16H2,1-5H3,(H,27,29)/t18-,22-,23-,24-,26+/m1/s1. The first kappa shape index (κ1) is 22.6. The number of hydrogen-bond acceptors (Lipinski definition) is 4. The van der Waals surface area contributed by atoms with Crippen LogP contribution in [0.25, 0.3) is 0 Å². The number of ether oxygens (including phenoxy) is 2. The lowest BCUT2D eigenvalue weighted by Gasteiger charge is -2.52. The number of nitrogens with zero attached hydrogens (tertiary/aromatic N) is 1. The van der Waals surface area contributed by atoms with Crippen LogP contribution in [0.15, 0.2) is 18.2 Å². The summed E-state index contributed by atoms with van der Waals surface area (Å²) in [7, 11) is 0. The summed E-state index contributed by atoms with van der Waals surface area (Å²) in [6.07, 6.45) is 4.48. The fourth-order valence-corrected chi connectivity index (χ4v) is 5.80. The molecule has 2 heterocycles. The molecule has 1 aromatic rings. The minimum absolute atomic E-state index is 0.00590. The molecule has 5 atom stereocenters. The molecule has 0 bridgehead atoms. The number of rotatable bonds is 4. The van der Waals surface area contributed by atoms with Gasteiger partial charge in [-0.2, -0.15) is 0 Å². The van der Waals surface area contributed by atoms with Crippen LogP contribution >= 0.6 is 0 Å². The molecule has 5 heteroatoms. The van der Waals surface area contributed by atoms with E-state index in [9.17, 15) is 4.79 Å². The SMILES string of the molecule is Cc1cc(N2CCOCC2)ccc1[C@H]1C[C@](C)(NC(=O)C(C)C)[C@@H]2CC[C@@H](C)C[C@H]2O1. The van der Waals surface area contributed by atoms with E-state index in [1.54, 1.807) is 0 Å². The molecule has 31 heavy (non-hydrogen) atoms. The van der Waals surface area contributed by atoms with Crippen molar-refractivity contribution in [1.82, 2.24) is 5.32 Å². The number of carbonyl (C=O) groups is 1. The predicted octanol–water partition coefficient (Wildman–Crippen LogP) is 4.63. The number of hydrogen-bond donors (Lipinski definition) is 1. The van der Waals surface area contributed by atoms with Crippen LogP contribution in [0.1, 0.15) is 70.6 Å². The maximum absolute atomic E-state index is 12.7. The Labute approximate surface area is 187 Å². The highest BCUT2D eigenvalue weighted by Gasteiger charge is 2.49. The van der Waals surface area contributed by atoms with Crippen molar-refractivity contribution < 1.29 is 14.3 Å². The largest absolute Gasteiger partial charge is 0.378 e. The van der Waals surface area contributed by atoms with E-state index in [2.05, 4.69) is 49.2 Å². The van der Waals surface area contributed by atoms with Gasteiger partial charge in [0.25, 0.3) is 0 Å². The Hall–Kier alpha value is -1.59. The van der Waals surface area contributed by atoms with Crippen molar-refractivity contribution in [2.45, 2.75) is 78.0 Å². The van der Waals surface area contributed by atoms with E-state index in [-0.39, 0.29) is 29.6 Å². The highest BCUT2D eigenvalue weighted by molar-refractivity contribution is 5.78. The molecule has 2 aliphatic heterocycles. The van der Waals surface area contributed by atoms with Gasteiger partial charge in [-0.15, -0.1) is 0 Å². The summed E-state index contributed by atoms with van der Waals surface area (Å²) < 4.78 is 12.3. The molecule has 1 aromatic carbocycles. The van der Waals surface area contributed by atoms with Crippen molar-refractivity contribution in [2.75, 3.05) is 31.2 Å². The summed E-state index contributed by atoms with van der Waals surface area (Å²) in [5, 5.41) is 3.45. The summed E-state index contributed by atoms with van der Waals surface area (Å²) in [6, 6.07) is 6.78. The first-order valence-electron chi connectivity index (χ1n) is 12.2. The van der Waals surface area contributed by atoms with Crippen LogP contribution in [0.2, 0.25) is 0 Å². The van der Waals surface area contributed by atoms with E-state index in [0.717, 1.165) is 45.6 Å². The predicted molar refractivity (Wildman–Crippen MR) is 124 cm³/mol. The zero-order valence-electron chi connectivity index (χ0n) is 19.9. The van der Waals surface area contributed by atoms with Crippen molar-refractivity contribution in [1.29, 1.82) is 0 Å². The fourth-order valence-electron chi connectivity index (χ4n) is 5.80. The Morgan fingerprint density at radius 1 is 1.23 bits per heavy atom. The van der Waals surface area contributed by atoms with Gasteiger partial charge in [0.15, 0.2) is 0 Å². The number of benzene rings is 1. The summed E-state index contributed by atoms with van der Waals surface area (Å²) in [6.45, 7) is 14.2. The number of fused-ring (bicyclic) bond motifs is 1. The van der Waals surface area contributed by atoms with Gasteiger partial charge in [-0.05, 0) is 55.9 Å². The first-order valence-corrected chi connectivity index (χ1v) is 12.2. The molecule has 172 valence electrons. The number of aryl methyl sites for hydroxylation is 1. The molecular weight excluding hydrogens is 388 g/mol. The minimum Gasteiger partial charge on any atom is -0.378 e. The Morgan fingerprint density at radius 3 is 2.65 bits per heavy atom. The number of nitrogens with one attached hydrogen (secondary N) is 1. The maximum Gasteiger partial charge on any atom is 0.222 e. The van der Waals surface area contributed by atoms with Crippen molar-refractivity contribution in [3.05, 3.63) is 29.3 Å². The molecule has 1 amide bonds. The Kier molecular flexibility index (Phi) is 6.64. The zero-order chi connectivity index (χ0) is 22.2. The number of amides is 1. The molecule has 1 N–H and O–H groups in total. The first-order chi connectivity index (χ1) is 14.8. The third-order valence-electron chi connectivity index (χ3n) is 7.73. The van der Waals surface area contributed by atoms with Gasteiger partial charge in [-0.25, -0.2) is 0 Å². The molecule has 0 unspecified atom stereocenters. The van der Waals surface area contributed by atoms with Crippen LogP contribution in [0.5, 0.6) is 0 Å². The third-order valence-corrected chi connectivity index (χ3v) is 7.73. The van der Waals surface area contributed by atoms with E-state index in [1.165, 1.54) is 23.2 Å². The van der Waals surface area contributed by atoms with Crippen molar-refractivity contribution >= 4 is 11.6 Å². The van der Waals surface area contributed by atoms with Crippen LogP contribution in [-0.4, -0.2) is 43.9 Å². The highest BCUT2D eigenvalue weighted by atomic mass is 16.5. The molecule has 3 fully saturated rings. The van der Waals surface area contributed by atoms with E-state index in [1.807, 2.05) is 13.8 Å². The van der Waals surface area contributed by atoms with Crippen LogP contribution in [-0.2, 0) is 14.3 Å². The van der Waals surface area contributed by atoms with Gasteiger partial charge in [0.05, 0.1) is 25.4 Å². The monoisotopic (exact) mass is 428 g/mol. The second-order valence-electron chi connectivity index (χ2n) is 10.6. The van der Waals surface area contributed by atoms with E-state index in [4.69, 9.17) is 9.47 Å². The Balaban J connectivity index is 1.59. The van der Waals surface area contributed by atoms with Gasteiger partial charge < -0.3 is 19.7 Å². The third kappa shape index (κ3) is 4.78. The molecule has 0 aromatic heterocycles. The maximum atomic E-state index is 12.7. The van der Waals surface area contributed by atoms with Crippen molar-refractivity contribution in [3.8, 4) is 0 Å². The van der Waals surface area contributed by atoms with Crippen molar-refractivity contribution in [2.24, 2.45) is 17.8 Å². The molecule has 0 radical (unpaired) electrons.